The number of nitrogens with zero attached hydrogens (tertiary/aromatic N) is 3. The zero-order valence-electron chi connectivity index (χ0n) is 16.1. The van der Waals surface area contributed by atoms with E-state index in [4.69, 9.17) is 5.26 Å². The number of para-hydroxylation sites is 1. The molecule has 0 spiro atoms. The maximum Gasteiger partial charge on any atom is 0.209 e. The lowest BCUT2D eigenvalue weighted by Gasteiger charge is -2.31. The molecule has 0 aliphatic carbocycles. The topological polar surface area (TPSA) is 80.5 Å². The van der Waals surface area contributed by atoms with Gasteiger partial charge in [0.1, 0.15) is 5.82 Å². The molecule has 0 unspecified atom stereocenters. The average Bonchev–Trinajstić information content (AvgIpc) is 2.75. The Morgan fingerprint density at radius 2 is 1.83 bits per heavy atom. The molecule has 0 radical (unpaired) electrons. The van der Waals surface area contributed by atoms with E-state index in [1.807, 2.05) is 36.5 Å². The monoisotopic (exact) mass is 393 g/mol. The van der Waals surface area contributed by atoms with Crippen LogP contribution in [0.25, 0.3) is 0 Å². The Kier molecular flexibility index (Phi) is 7.31. The molecule has 2 N–H and O–H groups in total. The fourth-order valence-electron chi connectivity index (χ4n) is 3.40. The van der Waals surface area contributed by atoms with Crippen LogP contribution in [-0.4, -0.2) is 42.8 Å². The largest absolute Gasteiger partial charge is 0.354 e. The maximum absolute atomic E-state index is 13.0. The van der Waals surface area contributed by atoms with Crippen LogP contribution in [0, 0.1) is 23.2 Å². The van der Waals surface area contributed by atoms with Gasteiger partial charge in [-0.05, 0) is 62.3 Å². The first-order valence-corrected chi connectivity index (χ1v) is 9.70. The van der Waals surface area contributed by atoms with Crippen LogP contribution < -0.4 is 10.6 Å². The van der Waals surface area contributed by atoms with Crippen LogP contribution in [0.1, 0.15) is 23.2 Å². The van der Waals surface area contributed by atoms with Gasteiger partial charge < -0.3 is 10.2 Å². The van der Waals surface area contributed by atoms with Crippen LogP contribution >= 0.6 is 0 Å². The molecule has 0 aromatic heterocycles. The summed E-state index contributed by atoms with van der Waals surface area (Å²) in [6, 6.07) is 15.2. The number of halogens is 1. The van der Waals surface area contributed by atoms with Gasteiger partial charge in [-0.15, -0.1) is 0 Å². The molecule has 29 heavy (non-hydrogen) atoms. The van der Waals surface area contributed by atoms with Crippen molar-refractivity contribution in [2.45, 2.75) is 12.8 Å². The van der Waals surface area contributed by atoms with Crippen LogP contribution in [0.5, 0.6) is 0 Å². The van der Waals surface area contributed by atoms with Gasteiger partial charge in [0.2, 0.25) is 5.96 Å². The summed E-state index contributed by atoms with van der Waals surface area (Å²) in [5.41, 5.74) is 1.34. The highest BCUT2D eigenvalue weighted by atomic mass is 19.1. The fourth-order valence-corrected chi connectivity index (χ4v) is 3.40. The Labute approximate surface area is 170 Å². The summed E-state index contributed by atoms with van der Waals surface area (Å²) < 4.78 is 13.0. The third kappa shape index (κ3) is 6.13. The molecule has 2 aromatic carbocycles. The van der Waals surface area contributed by atoms with Crippen molar-refractivity contribution in [1.82, 2.24) is 15.5 Å². The lowest BCUT2D eigenvalue weighted by Crippen LogP contribution is -2.43. The molecule has 0 amide bonds. The van der Waals surface area contributed by atoms with Crippen molar-refractivity contribution in [3.05, 3.63) is 66.0 Å². The number of guanidine groups is 1. The van der Waals surface area contributed by atoms with E-state index in [1.165, 1.54) is 12.1 Å². The maximum atomic E-state index is 13.0. The van der Waals surface area contributed by atoms with Gasteiger partial charge in [0.15, 0.2) is 12.0 Å². The van der Waals surface area contributed by atoms with Crippen LogP contribution in [0.2, 0.25) is 0 Å². The third-order valence-electron chi connectivity index (χ3n) is 4.98. The number of hydrogen-bond donors (Lipinski definition) is 2. The summed E-state index contributed by atoms with van der Waals surface area (Å²) in [7, 11) is 0. The first-order valence-electron chi connectivity index (χ1n) is 9.70. The van der Waals surface area contributed by atoms with E-state index >= 15 is 0 Å². The average molecular weight is 393 g/mol. The first-order chi connectivity index (χ1) is 14.2. The van der Waals surface area contributed by atoms with Gasteiger partial charge in [0, 0.05) is 24.6 Å². The number of rotatable bonds is 6. The molecule has 1 aliphatic rings. The van der Waals surface area contributed by atoms with E-state index in [0.29, 0.717) is 18.1 Å². The van der Waals surface area contributed by atoms with Crippen molar-refractivity contribution in [3.63, 3.8) is 0 Å². The summed E-state index contributed by atoms with van der Waals surface area (Å²) in [6.07, 6.45) is 3.47. The minimum Gasteiger partial charge on any atom is -0.354 e. The molecular weight excluding hydrogens is 369 g/mol. The number of carbonyl (C=O) groups is 1. The third-order valence-corrected chi connectivity index (χ3v) is 4.98. The molecule has 0 atom stereocenters. The van der Waals surface area contributed by atoms with Crippen LogP contribution in [0.4, 0.5) is 10.1 Å². The van der Waals surface area contributed by atoms with E-state index in [-0.39, 0.29) is 17.5 Å². The predicted octanol–water partition coefficient (Wildman–Crippen LogP) is 3.07. The van der Waals surface area contributed by atoms with Gasteiger partial charge in [-0.1, -0.05) is 18.2 Å². The summed E-state index contributed by atoms with van der Waals surface area (Å²) in [4.78, 5) is 19.2. The quantitative estimate of drug-likeness (QED) is 0.259. The molecule has 150 valence electrons. The number of carbonyl (C=O) groups excluding carboxylic acids is 1. The lowest BCUT2D eigenvalue weighted by molar-refractivity contribution is 0.0842. The summed E-state index contributed by atoms with van der Waals surface area (Å²) >= 11 is 0. The van der Waals surface area contributed by atoms with E-state index in [2.05, 4.69) is 20.5 Å². The number of nitriles is 1. The molecule has 0 bridgehead atoms. The van der Waals surface area contributed by atoms with E-state index in [1.54, 1.807) is 12.1 Å². The van der Waals surface area contributed by atoms with Crippen molar-refractivity contribution in [2.75, 3.05) is 26.2 Å². The first kappa shape index (κ1) is 20.5. The highest BCUT2D eigenvalue weighted by Gasteiger charge is 2.25. The van der Waals surface area contributed by atoms with Crippen LogP contribution in [0.15, 0.2) is 59.6 Å². The van der Waals surface area contributed by atoms with E-state index in [9.17, 15) is 9.18 Å². The van der Waals surface area contributed by atoms with Gasteiger partial charge in [-0.25, -0.2) is 9.38 Å². The van der Waals surface area contributed by atoms with Crippen molar-refractivity contribution in [3.8, 4) is 6.19 Å². The molecule has 3 rings (SSSR count). The molecule has 0 saturated carbocycles. The molecule has 1 fully saturated rings. The smallest absolute Gasteiger partial charge is 0.209 e. The number of Topliss-reactive ketones (excluding diaryl/α,β-unsaturated/α-hetero) is 1. The van der Waals surface area contributed by atoms with Gasteiger partial charge in [-0.2, -0.15) is 5.26 Å². The predicted molar refractivity (Wildman–Crippen MR) is 110 cm³/mol. The molecule has 1 saturated heterocycles. The van der Waals surface area contributed by atoms with E-state index < -0.39 is 0 Å². The van der Waals surface area contributed by atoms with Gasteiger partial charge in [-0.3, -0.25) is 10.1 Å². The number of hydrogen-bond acceptors (Lipinski definition) is 4. The van der Waals surface area contributed by atoms with Gasteiger partial charge >= 0.3 is 0 Å². The standard InChI is InChI=1S/C22H24FN5O/c23-19-8-6-17(7-9-19)21(29)18-10-13-28(14-11-18)15-12-25-22(26-16-24)27-20-4-2-1-3-5-20/h1-9,18H,10-15H2,(H2,25,26,27). The Morgan fingerprint density at radius 3 is 2.48 bits per heavy atom. The number of likely N-dealkylation sites (tertiary alicyclic amines) is 1. The number of piperidine rings is 1. The van der Waals surface area contributed by atoms with Gasteiger partial charge in [0.05, 0.1) is 5.69 Å². The van der Waals surface area contributed by atoms with Crippen molar-refractivity contribution < 1.29 is 9.18 Å². The minimum atomic E-state index is -0.329. The summed E-state index contributed by atoms with van der Waals surface area (Å²) in [5, 5.41) is 14.6. The Morgan fingerprint density at radius 1 is 1.14 bits per heavy atom. The highest BCUT2D eigenvalue weighted by Crippen LogP contribution is 2.21. The Balaban J connectivity index is 1.44. The Hall–Kier alpha value is -3.24. The summed E-state index contributed by atoms with van der Waals surface area (Å²) in [5.74, 6) is 0.170. The molecular formula is C22H24FN5O. The van der Waals surface area contributed by atoms with Crippen molar-refractivity contribution in [1.29, 1.82) is 5.26 Å². The zero-order valence-corrected chi connectivity index (χ0v) is 16.1. The minimum absolute atomic E-state index is 0.0138. The van der Waals surface area contributed by atoms with E-state index in [0.717, 1.165) is 38.2 Å². The molecule has 1 aliphatic heterocycles. The summed E-state index contributed by atoms with van der Waals surface area (Å²) in [6.45, 7) is 3.08. The van der Waals surface area contributed by atoms with Crippen molar-refractivity contribution >= 4 is 17.4 Å². The Bertz CT molecular complexity index is 868. The van der Waals surface area contributed by atoms with Crippen molar-refractivity contribution in [2.24, 2.45) is 10.9 Å². The molecule has 6 nitrogen and oxygen atoms in total. The number of nitrogens with one attached hydrogen (secondary N) is 2. The molecule has 7 heteroatoms. The number of ketones is 1. The lowest BCUT2D eigenvalue weighted by atomic mass is 9.89. The SMILES string of the molecule is N#CN/C(=N\c1ccccc1)NCCN1CCC(C(=O)c2ccc(F)cc2)CC1. The van der Waals surface area contributed by atoms with Crippen LogP contribution in [-0.2, 0) is 0 Å². The second-order valence-corrected chi connectivity index (χ2v) is 6.95. The fraction of sp³-hybridized carbons (Fsp3) is 0.318. The normalized spacial score (nSPS) is 15.5. The second kappa shape index (κ2) is 10.3. The molecule has 2 aromatic rings. The van der Waals surface area contributed by atoms with Crippen LogP contribution in [0.3, 0.4) is 0 Å². The molecule has 1 heterocycles. The number of benzene rings is 2. The highest BCUT2D eigenvalue weighted by molar-refractivity contribution is 5.97. The second-order valence-electron chi connectivity index (χ2n) is 6.95. The number of aliphatic imine (C=N–C) groups is 1. The zero-order chi connectivity index (χ0) is 20.5. The van der Waals surface area contributed by atoms with Gasteiger partial charge in [0.25, 0.3) is 0 Å².